The Morgan fingerprint density at radius 3 is 2.59 bits per heavy atom. The molecule has 0 fully saturated rings. The third-order valence-corrected chi connectivity index (χ3v) is 5.68. The lowest BCUT2D eigenvalue weighted by Gasteiger charge is -2.16. The number of carbonyl (C=O) groups is 1. The van der Waals surface area contributed by atoms with Gasteiger partial charge < -0.3 is 10.6 Å². The van der Waals surface area contributed by atoms with Gasteiger partial charge in [-0.25, -0.2) is 9.37 Å². The van der Waals surface area contributed by atoms with Gasteiger partial charge >= 0.3 is 0 Å². The van der Waals surface area contributed by atoms with Gasteiger partial charge in [-0.3, -0.25) is 4.79 Å². The van der Waals surface area contributed by atoms with E-state index in [0.717, 1.165) is 26.9 Å². The van der Waals surface area contributed by atoms with E-state index in [1.54, 1.807) is 18.3 Å². The molecule has 0 aliphatic carbocycles. The molecule has 2 N–H and O–H groups in total. The topological polar surface area (TPSA) is 54.0 Å². The van der Waals surface area contributed by atoms with Crippen LogP contribution in [-0.4, -0.2) is 10.9 Å². The first-order valence-corrected chi connectivity index (χ1v) is 10.2. The molecule has 0 aliphatic rings. The molecule has 29 heavy (non-hydrogen) atoms. The first kappa shape index (κ1) is 21.0. The van der Waals surface area contributed by atoms with E-state index in [-0.39, 0.29) is 17.6 Å². The Hall–Kier alpha value is -2.73. The average Bonchev–Trinajstić information content (AvgIpc) is 2.70. The molecule has 3 rings (SSSR count). The van der Waals surface area contributed by atoms with Crippen LogP contribution in [0.5, 0.6) is 0 Å². The molecular weight excluding hydrogens is 433 g/mol. The number of nitrogens with one attached hydrogen (secondary N) is 2. The Balaban J connectivity index is 1.79. The summed E-state index contributed by atoms with van der Waals surface area (Å²) in [7, 11) is 0. The number of benzene rings is 2. The van der Waals surface area contributed by atoms with Crippen LogP contribution in [0, 0.1) is 12.7 Å². The number of aryl methyl sites for hydroxylation is 1. The molecule has 1 amide bonds. The fourth-order valence-corrected chi connectivity index (χ4v) is 3.33. The van der Waals surface area contributed by atoms with Gasteiger partial charge in [-0.15, -0.1) is 0 Å². The molecule has 150 valence electrons. The molecule has 0 atom stereocenters. The van der Waals surface area contributed by atoms with Gasteiger partial charge in [-0.2, -0.15) is 0 Å². The van der Waals surface area contributed by atoms with Gasteiger partial charge in [-0.1, -0.05) is 38.1 Å². The highest BCUT2D eigenvalue weighted by atomic mass is 79.9. The van der Waals surface area contributed by atoms with Crippen molar-refractivity contribution in [3.05, 3.63) is 87.3 Å². The van der Waals surface area contributed by atoms with Crippen molar-refractivity contribution in [2.45, 2.75) is 33.2 Å². The van der Waals surface area contributed by atoms with E-state index in [4.69, 9.17) is 0 Å². The zero-order valence-electron chi connectivity index (χ0n) is 16.6. The van der Waals surface area contributed by atoms with Crippen LogP contribution in [0.2, 0.25) is 0 Å². The fraction of sp³-hybridized carbons (Fsp3) is 0.217. The van der Waals surface area contributed by atoms with E-state index in [1.165, 1.54) is 12.1 Å². The highest BCUT2D eigenvalue weighted by molar-refractivity contribution is 9.10. The molecule has 6 heteroatoms. The lowest BCUT2D eigenvalue weighted by molar-refractivity contribution is 0.0949. The summed E-state index contributed by atoms with van der Waals surface area (Å²) in [6.07, 6.45) is 1.60. The second-order valence-electron chi connectivity index (χ2n) is 7.18. The number of anilines is 2. The van der Waals surface area contributed by atoms with Crippen molar-refractivity contribution in [1.82, 2.24) is 10.3 Å². The number of halogens is 2. The number of nitrogens with zero attached hydrogens (tertiary/aromatic N) is 1. The predicted octanol–water partition coefficient (Wildman–Crippen LogP) is 6.09. The first-order chi connectivity index (χ1) is 13.8. The number of amides is 1. The third kappa shape index (κ3) is 5.21. The molecule has 0 radical (unpaired) electrons. The molecule has 0 bridgehead atoms. The van der Waals surface area contributed by atoms with Crippen LogP contribution in [0.1, 0.15) is 46.8 Å². The van der Waals surface area contributed by atoms with Crippen LogP contribution in [0.15, 0.2) is 59.2 Å². The summed E-state index contributed by atoms with van der Waals surface area (Å²) in [6, 6.07) is 14.0. The summed E-state index contributed by atoms with van der Waals surface area (Å²) in [5.41, 5.74) is 4.32. The molecule has 2 aromatic carbocycles. The van der Waals surface area contributed by atoms with E-state index in [2.05, 4.69) is 31.5 Å². The summed E-state index contributed by atoms with van der Waals surface area (Å²) in [4.78, 5) is 17.2. The van der Waals surface area contributed by atoms with Gasteiger partial charge in [0.25, 0.3) is 5.91 Å². The maximum Gasteiger partial charge on any atom is 0.253 e. The van der Waals surface area contributed by atoms with E-state index >= 15 is 0 Å². The summed E-state index contributed by atoms with van der Waals surface area (Å²) in [5, 5.41) is 6.20. The quantitative estimate of drug-likeness (QED) is 0.472. The molecule has 0 spiro atoms. The highest BCUT2D eigenvalue weighted by Crippen LogP contribution is 2.29. The van der Waals surface area contributed by atoms with Crippen LogP contribution >= 0.6 is 15.9 Å². The SMILES string of the molecule is Cc1cccc(Nc2cc(C(C)C)c(C(=O)NCc3ccc(F)cc3)cn2)c1Br. The van der Waals surface area contributed by atoms with Crippen molar-refractivity contribution < 1.29 is 9.18 Å². The van der Waals surface area contributed by atoms with Gasteiger partial charge in [-0.05, 0) is 69.7 Å². The van der Waals surface area contributed by atoms with Crippen molar-refractivity contribution in [2.75, 3.05) is 5.32 Å². The normalized spacial score (nSPS) is 10.8. The lowest BCUT2D eigenvalue weighted by atomic mass is 9.98. The molecule has 0 saturated carbocycles. The Bertz CT molecular complexity index is 1020. The summed E-state index contributed by atoms with van der Waals surface area (Å²) in [6.45, 7) is 6.43. The van der Waals surface area contributed by atoms with E-state index in [0.29, 0.717) is 17.9 Å². The van der Waals surface area contributed by atoms with E-state index in [1.807, 2.05) is 45.0 Å². The predicted molar refractivity (Wildman–Crippen MR) is 118 cm³/mol. The minimum Gasteiger partial charge on any atom is -0.348 e. The van der Waals surface area contributed by atoms with Crippen molar-refractivity contribution in [3.8, 4) is 0 Å². The van der Waals surface area contributed by atoms with Crippen molar-refractivity contribution in [2.24, 2.45) is 0 Å². The molecule has 0 saturated heterocycles. The Morgan fingerprint density at radius 1 is 1.17 bits per heavy atom. The molecular formula is C23H23BrFN3O. The summed E-state index contributed by atoms with van der Waals surface area (Å²) in [5.74, 6) is 0.324. The molecule has 0 unspecified atom stereocenters. The number of rotatable bonds is 6. The van der Waals surface area contributed by atoms with E-state index in [9.17, 15) is 9.18 Å². The van der Waals surface area contributed by atoms with Gasteiger partial charge in [0.2, 0.25) is 0 Å². The monoisotopic (exact) mass is 455 g/mol. The standard InChI is InChI=1S/C23H23BrFN3O/c1-14(2)18-11-21(28-20-6-4-5-15(3)22(20)24)26-13-19(18)23(29)27-12-16-7-9-17(25)10-8-16/h4-11,13-14H,12H2,1-3H3,(H,26,28)(H,27,29). The van der Waals surface area contributed by atoms with Crippen LogP contribution < -0.4 is 10.6 Å². The molecule has 4 nitrogen and oxygen atoms in total. The Kier molecular flexibility index (Phi) is 6.64. The number of aromatic nitrogens is 1. The lowest BCUT2D eigenvalue weighted by Crippen LogP contribution is -2.24. The second kappa shape index (κ2) is 9.18. The highest BCUT2D eigenvalue weighted by Gasteiger charge is 2.16. The molecule has 1 heterocycles. The first-order valence-electron chi connectivity index (χ1n) is 9.40. The zero-order valence-corrected chi connectivity index (χ0v) is 18.2. The van der Waals surface area contributed by atoms with Crippen molar-refractivity contribution >= 4 is 33.3 Å². The van der Waals surface area contributed by atoms with Crippen LogP contribution in [0.3, 0.4) is 0 Å². The molecule has 0 aliphatic heterocycles. The smallest absolute Gasteiger partial charge is 0.253 e. The average molecular weight is 456 g/mol. The summed E-state index contributed by atoms with van der Waals surface area (Å²) < 4.78 is 14.0. The molecule has 3 aromatic rings. The minimum atomic E-state index is -0.297. The maximum absolute atomic E-state index is 13.0. The van der Waals surface area contributed by atoms with Gasteiger partial charge in [0, 0.05) is 17.2 Å². The maximum atomic E-state index is 13.0. The summed E-state index contributed by atoms with van der Waals surface area (Å²) >= 11 is 3.59. The largest absolute Gasteiger partial charge is 0.348 e. The third-order valence-electron chi connectivity index (χ3n) is 4.62. The minimum absolute atomic E-state index is 0.145. The Morgan fingerprint density at radius 2 is 1.90 bits per heavy atom. The van der Waals surface area contributed by atoms with Crippen LogP contribution in [0.4, 0.5) is 15.9 Å². The van der Waals surface area contributed by atoms with Crippen LogP contribution in [0.25, 0.3) is 0 Å². The van der Waals surface area contributed by atoms with Crippen molar-refractivity contribution in [3.63, 3.8) is 0 Å². The zero-order chi connectivity index (χ0) is 21.0. The second-order valence-corrected chi connectivity index (χ2v) is 7.98. The number of hydrogen-bond donors (Lipinski definition) is 2. The van der Waals surface area contributed by atoms with Gasteiger partial charge in [0.05, 0.1) is 11.3 Å². The fourth-order valence-electron chi connectivity index (χ4n) is 2.97. The number of pyridine rings is 1. The number of hydrogen-bond acceptors (Lipinski definition) is 3. The molecule has 1 aromatic heterocycles. The van der Waals surface area contributed by atoms with Gasteiger partial charge in [0.1, 0.15) is 11.6 Å². The van der Waals surface area contributed by atoms with Gasteiger partial charge in [0.15, 0.2) is 0 Å². The Labute approximate surface area is 178 Å². The van der Waals surface area contributed by atoms with Crippen LogP contribution in [-0.2, 0) is 6.54 Å². The number of carbonyl (C=O) groups excluding carboxylic acids is 1. The van der Waals surface area contributed by atoms with Crippen molar-refractivity contribution in [1.29, 1.82) is 0 Å². The van der Waals surface area contributed by atoms with E-state index < -0.39 is 0 Å².